The first-order chi connectivity index (χ1) is 10.1. The summed E-state index contributed by atoms with van der Waals surface area (Å²) in [6.45, 7) is 0. The molecule has 0 bridgehead atoms. The van der Waals surface area contributed by atoms with Crippen LogP contribution in [0.2, 0.25) is 0 Å². The molecule has 0 amide bonds. The van der Waals surface area contributed by atoms with Crippen LogP contribution in [0.25, 0.3) is 5.70 Å². The molecular formula is C17H10BrNO2. The molecule has 0 heterocycles. The van der Waals surface area contributed by atoms with Crippen molar-refractivity contribution in [2.24, 2.45) is 4.99 Å². The molecule has 102 valence electrons. The van der Waals surface area contributed by atoms with E-state index >= 15 is 0 Å². The second-order valence-electron chi connectivity index (χ2n) is 4.58. The number of fused-ring (bicyclic) bond motifs is 1. The number of hydrogen-bond donors (Lipinski definition) is 0. The average molecular weight is 340 g/mol. The minimum absolute atomic E-state index is 0.409. The van der Waals surface area contributed by atoms with Gasteiger partial charge >= 0.3 is 0 Å². The summed E-state index contributed by atoms with van der Waals surface area (Å²) in [6, 6.07) is 14.7. The molecule has 21 heavy (non-hydrogen) atoms. The Hall–Kier alpha value is -2.33. The van der Waals surface area contributed by atoms with Crippen LogP contribution in [0, 0.1) is 0 Å². The number of hydrogen-bond acceptors (Lipinski definition) is 3. The Morgan fingerprint density at radius 3 is 2.48 bits per heavy atom. The zero-order chi connectivity index (χ0) is 14.8. The maximum atomic E-state index is 11.8. The molecule has 0 unspecified atom stereocenters. The van der Waals surface area contributed by atoms with Crippen LogP contribution in [-0.2, 0) is 4.79 Å². The molecule has 0 spiro atoms. The summed E-state index contributed by atoms with van der Waals surface area (Å²) in [7, 11) is 0. The number of aliphatic imine (C=N–C) groups is 1. The zero-order valence-electron chi connectivity index (χ0n) is 10.9. The maximum absolute atomic E-state index is 11.8. The highest BCUT2D eigenvalue weighted by Crippen LogP contribution is 2.25. The summed E-state index contributed by atoms with van der Waals surface area (Å²) in [5.74, 6) is -1.01. The van der Waals surface area contributed by atoms with Crippen LogP contribution in [0.15, 0.2) is 64.1 Å². The third-order valence-corrected chi connectivity index (χ3v) is 3.63. The predicted molar refractivity (Wildman–Crippen MR) is 85.5 cm³/mol. The molecular weight excluding hydrogens is 330 g/mol. The van der Waals surface area contributed by atoms with Gasteiger partial charge < -0.3 is 0 Å². The lowest BCUT2D eigenvalue weighted by molar-refractivity contribution is -0.111. The van der Waals surface area contributed by atoms with Crippen LogP contribution in [-0.4, -0.2) is 17.8 Å². The molecule has 4 heteroatoms. The third-order valence-electron chi connectivity index (χ3n) is 3.14. The minimum Gasteiger partial charge on any atom is -0.285 e. The number of halogens is 1. The third kappa shape index (κ3) is 2.76. The van der Waals surface area contributed by atoms with E-state index in [0.29, 0.717) is 16.8 Å². The molecule has 0 aromatic heterocycles. The molecule has 0 N–H and O–H groups in total. The van der Waals surface area contributed by atoms with Crippen molar-refractivity contribution in [1.29, 1.82) is 0 Å². The van der Waals surface area contributed by atoms with Crippen LogP contribution in [0.5, 0.6) is 0 Å². The lowest BCUT2D eigenvalue weighted by Crippen LogP contribution is -2.18. The van der Waals surface area contributed by atoms with Gasteiger partial charge in [0.25, 0.3) is 0 Å². The van der Waals surface area contributed by atoms with Crippen molar-refractivity contribution in [2.45, 2.75) is 0 Å². The summed E-state index contributed by atoms with van der Waals surface area (Å²) in [5, 5.41) is 0. The second-order valence-corrected chi connectivity index (χ2v) is 5.50. The molecule has 0 atom stereocenters. The first-order valence-corrected chi connectivity index (χ1v) is 7.14. The van der Waals surface area contributed by atoms with Gasteiger partial charge in [-0.05, 0) is 17.7 Å². The van der Waals surface area contributed by atoms with E-state index < -0.39 is 11.6 Å². The van der Waals surface area contributed by atoms with E-state index in [9.17, 15) is 9.59 Å². The zero-order valence-corrected chi connectivity index (χ0v) is 12.5. The fraction of sp³-hybridized carbons (Fsp3) is 0. The smallest absolute Gasteiger partial charge is 0.233 e. The minimum atomic E-state index is -0.532. The van der Waals surface area contributed by atoms with E-state index in [1.54, 1.807) is 24.4 Å². The number of nitrogens with zero attached hydrogens (tertiary/aromatic N) is 1. The summed E-state index contributed by atoms with van der Waals surface area (Å²) < 4.78 is 0.954. The van der Waals surface area contributed by atoms with Gasteiger partial charge in [-0.3, -0.25) is 14.6 Å². The Morgan fingerprint density at radius 2 is 1.71 bits per heavy atom. The Labute approximate surface area is 130 Å². The van der Waals surface area contributed by atoms with Gasteiger partial charge in [0.15, 0.2) is 0 Å². The molecule has 2 aromatic rings. The molecule has 1 aliphatic rings. The van der Waals surface area contributed by atoms with Crippen LogP contribution in [0.3, 0.4) is 0 Å². The molecule has 2 aromatic carbocycles. The number of carbonyl (C=O) groups excluding carboxylic acids is 2. The fourth-order valence-electron chi connectivity index (χ4n) is 2.14. The largest absolute Gasteiger partial charge is 0.285 e. The number of rotatable bonds is 2. The van der Waals surface area contributed by atoms with Crippen LogP contribution in [0.1, 0.15) is 21.5 Å². The van der Waals surface area contributed by atoms with Crippen LogP contribution < -0.4 is 0 Å². The molecule has 0 radical (unpaired) electrons. The molecule has 0 saturated carbocycles. The normalized spacial score (nSPS) is 14.2. The van der Waals surface area contributed by atoms with Gasteiger partial charge in [0.2, 0.25) is 11.6 Å². The maximum Gasteiger partial charge on any atom is 0.233 e. The highest BCUT2D eigenvalue weighted by Gasteiger charge is 2.24. The van der Waals surface area contributed by atoms with Crippen molar-refractivity contribution in [1.82, 2.24) is 0 Å². The van der Waals surface area contributed by atoms with Crippen molar-refractivity contribution < 1.29 is 9.59 Å². The summed E-state index contributed by atoms with van der Waals surface area (Å²) in [6.07, 6.45) is 2.97. The van der Waals surface area contributed by atoms with E-state index in [1.807, 2.05) is 30.3 Å². The van der Waals surface area contributed by atoms with Gasteiger partial charge in [-0.1, -0.05) is 52.3 Å². The van der Waals surface area contributed by atoms with Crippen molar-refractivity contribution in [3.05, 3.63) is 75.8 Å². The number of benzene rings is 2. The number of allylic oxidation sites excluding steroid dienone is 1. The lowest BCUT2D eigenvalue weighted by atomic mass is 9.93. The Morgan fingerprint density at radius 1 is 0.952 bits per heavy atom. The quantitative estimate of drug-likeness (QED) is 0.619. The summed E-state index contributed by atoms with van der Waals surface area (Å²) in [5.41, 5.74) is 2.52. The molecule has 0 fully saturated rings. The van der Waals surface area contributed by atoms with Crippen molar-refractivity contribution >= 4 is 39.4 Å². The standard InChI is InChI=1S/C17H10BrNO2/c18-12-5-3-4-11(8-12)10-19-15-9-16(20)17(21)14-7-2-1-6-13(14)15/h1-10H. The molecule has 3 rings (SSSR count). The van der Waals surface area contributed by atoms with Crippen molar-refractivity contribution in [3.63, 3.8) is 0 Å². The summed E-state index contributed by atoms with van der Waals surface area (Å²) in [4.78, 5) is 27.9. The van der Waals surface area contributed by atoms with Gasteiger partial charge in [-0.15, -0.1) is 0 Å². The van der Waals surface area contributed by atoms with Gasteiger partial charge in [-0.25, -0.2) is 0 Å². The SMILES string of the molecule is O=C1C=C(N=Cc2cccc(Br)c2)c2ccccc2C1=O. The van der Waals surface area contributed by atoms with Gasteiger partial charge in [0, 0.05) is 27.9 Å². The Bertz CT molecular complexity index is 806. The lowest BCUT2D eigenvalue weighted by Gasteiger charge is -2.12. The van der Waals surface area contributed by atoms with Crippen molar-refractivity contribution in [3.8, 4) is 0 Å². The average Bonchev–Trinajstić information content (AvgIpc) is 2.50. The number of ketones is 2. The number of Topliss-reactive ketones (excluding diaryl/α,β-unsaturated/α-hetero) is 1. The summed E-state index contributed by atoms with van der Waals surface area (Å²) >= 11 is 3.40. The van der Waals surface area contributed by atoms with Crippen LogP contribution in [0.4, 0.5) is 0 Å². The highest BCUT2D eigenvalue weighted by molar-refractivity contribution is 9.10. The molecule has 3 nitrogen and oxygen atoms in total. The topological polar surface area (TPSA) is 46.5 Å². The Balaban J connectivity index is 2.01. The Kier molecular flexibility index (Phi) is 3.62. The molecule has 0 aliphatic heterocycles. The van der Waals surface area contributed by atoms with E-state index in [4.69, 9.17) is 0 Å². The van der Waals surface area contributed by atoms with Gasteiger partial charge in [-0.2, -0.15) is 0 Å². The number of carbonyl (C=O) groups is 2. The van der Waals surface area contributed by atoms with Gasteiger partial charge in [0.05, 0.1) is 5.70 Å². The molecule has 0 saturated heterocycles. The second kappa shape index (κ2) is 5.58. The molecule has 1 aliphatic carbocycles. The van der Waals surface area contributed by atoms with Gasteiger partial charge in [0.1, 0.15) is 0 Å². The first kappa shape index (κ1) is 13.6. The first-order valence-electron chi connectivity index (χ1n) is 6.34. The van der Waals surface area contributed by atoms with E-state index in [-0.39, 0.29) is 0 Å². The van der Waals surface area contributed by atoms with E-state index in [0.717, 1.165) is 10.0 Å². The van der Waals surface area contributed by atoms with Crippen molar-refractivity contribution in [2.75, 3.05) is 0 Å². The highest BCUT2D eigenvalue weighted by atomic mass is 79.9. The van der Waals surface area contributed by atoms with E-state index in [2.05, 4.69) is 20.9 Å². The van der Waals surface area contributed by atoms with Crippen LogP contribution >= 0.6 is 15.9 Å². The fourth-order valence-corrected chi connectivity index (χ4v) is 2.56. The monoisotopic (exact) mass is 339 g/mol. The van der Waals surface area contributed by atoms with E-state index in [1.165, 1.54) is 6.08 Å². The predicted octanol–water partition coefficient (Wildman–Crippen LogP) is 3.67.